The van der Waals surface area contributed by atoms with Gasteiger partial charge in [-0.25, -0.2) is 9.78 Å². The SMILES string of the molecule is COc1ncccc1CNC(=O)NCc1ccc(OCC(F)(F)F)cc1. The van der Waals surface area contributed by atoms with Crippen LogP contribution in [-0.4, -0.2) is 30.9 Å². The first kappa shape index (κ1) is 19.4. The second-order valence-electron chi connectivity index (χ2n) is 5.26. The molecule has 0 saturated heterocycles. The number of nitrogens with zero attached hydrogens (tertiary/aromatic N) is 1. The van der Waals surface area contributed by atoms with Gasteiger partial charge in [0, 0.05) is 24.8 Å². The van der Waals surface area contributed by atoms with Crippen molar-refractivity contribution >= 4 is 6.03 Å². The van der Waals surface area contributed by atoms with Crippen molar-refractivity contribution in [2.45, 2.75) is 19.3 Å². The van der Waals surface area contributed by atoms with Crippen molar-refractivity contribution in [2.75, 3.05) is 13.7 Å². The average Bonchev–Trinajstić information content (AvgIpc) is 2.63. The number of alkyl halides is 3. The van der Waals surface area contributed by atoms with Gasteiger partial charge >= 0.3 is 12.2 Å². The third-order valence-electron chi connectivity index (χ3n) is 3.26. The molecule has 0 saturated carbocycles. The second-order valence-corrected chi connectivity index (χ2v) is 5.26. The van der Waals surface area contributed by atoms with Gasteiger partial charge in [0.2, 0.25) is 5.88 Å². The highest BCUT2D eigenvalue weighted by molar-refractivity contribution is 5.73. The van der Waals surface area contributed by atoms with Crippen LogP contribution in [-0.2, 0) is 13.1 Å². The van der Waals surface area contributed by atoms with E-state index in [1.165, 1.54) is 19.2 Å². The Kier molecular flexibility index (Phi) is 6.65. The number of hydrogen-bond donors (Lipinski definition) is 2. The lowest BCUT2D eigenvalue weighted by Crippen LogP contribution is -2.34. The number of pyridine rings is 1. The van der Waals surface area contributed by atoms with Crippen LogP contribution in [0.5, 0.6) is 11.6 Å². The maximum absolute atomic E-state index is 12.1. The Morgan fingerprint density at radius 1 is 1.12 bits per heavy atom. The maximum Gasteiger partial charge on any atom is 0.422 e. The number of halogens is 3. The molecule has 0 aliphatic heterocycles. The van der Waals surface area contributed by atoms with Crippen LogP contribution in [0.2, 0.25) is 0 Å². The van der Waals surface area contributed by atoms with Gasteiger partial charge in [-0.15, -0.1) is 0 Å². The predicted molar refractivity (Wildman–Crippen MR) is 87.9 cm³/mol. The zero-order chi connectivity index (χ0) is 19.0. The lowest BCUT2D eigenvalue weighted by molar-refractivity contribution is -0.153. The summed E-state index contributed by atoms with van der Waals surface area (Å²) in [5.74, 6) is 0.543. The Morgan fingerprint density at radius 2 is 1.81 bits per heavy atom. The largest absolute Gasteiger partial charge is 0.484 e. The molecule has 0 fully saturated rings. The van der Waals surface area contributed by atoms with E-state index >= 15 is 0 Å². The molecule has 1 aromatic heterocycles. The fourth-order valence-electron chi connectivity index (χ4n) is 2.03. The summed E-state index contributed by atoms with van der Waals surface area (Å²) in [6, 6.07) is 9.12. The highest BCUT2D eigenvalue weighted by Crippen LogP contribution is 2.18. The number of methoxy groups -OCH3 is 1. The van der Waals surface area contributed by atoms with E-state index in [0.717, 1.165) is 11.1 Å². The molecule has 0 radical (unpaired) electrons. The van der Waals surface area contributed by atoms with Crippen molar-refractivity contribution in [3.8, 4) is 11.6 Å². The highest BCUT2D eigenvalue weighted by atomic mass is 19.4. The molecule has 2 aromatic rings. The molecule has 140 valence electrons. The molecule has 1 aromatic carbocycles. The molecule has 0 atom stereocenters. The monoisotopic (exact) mass is 369 g/mol. The lowest BCUT2D eigenvalue weighted by atomic mass is 10.2. The van der Waals surface area contributed by atoms with Gasteiger partial charge in [-0.3, -0.25) is 0 Å². The first-order valence-corrected chi connectivity index (χ1v) is 7.65. The van der Waals surface area contributed by atoms with Crippen molar-refractivity contribution in [3.63, 3.8) is 0 Å². The third kappa shape index (κ3) is 6.50. The Hall–Kier alpha value is -2.97. The van der Waals surface area contributed by atoms with Gasteiger partial charge in [-0.05, 0) is 23.8 Å². The molecule has 0 aliphatic carbocycles. The van der Waals surface area contributed by atoms with E-state index in [4.69, 9.17) is 4.74 Å². The number of carbonyl (C=O) groups is 1. The Morgan fingerprint density at radius 3 is 2.46 bits per heavy atom. The normalized spacial score (nSPS) is 10.9. The van der Waals surface area contributed by atoms with E-state index in [-0.39, 0.29) is 18.8 Å². The molecular weight excluding hydrogens is 351 g/mol. The molecule has 0 unspecified atom stereocenters. The number of hydrogen-bond acceptors (Lipinski definition) is 4. The summed E-state index contributed by atoms with van der Waals surface area (Å²) in [6.45, 7) is -0.882. The number of carbonyl (C=O) groups excluding carboxylic acids is 1. The smallest absolute Gasteiger partial charge is 0.422 e. The third-order valence-corrected chi connectivity index (χ3v) is 3.26. The minimum atomic E-state index is -4.38. The van der Waals surface area contributed by atoms with Gasteiger partial charge in [0.1, 0.15) is 5.75 Å². The molecule has 6 nitrogen and oxygen atoms in total. The summed E-state index contributed by atoms with van der Waals surface area (Å²) in [4.78, 5) is 15.9. The standard InChI is InChI=1S/C17H18F3N3O3/c1-25-15-13(3-2-8-21-15)10-23-16(24)22-9-12-4-6-14(7-5-12)26-11-17(18,19)20/h2-8H,9-11H2,1H3,(H2,22,23,24). The van der Waals surface area contributed by atoms with Gasteiger partial charge in [0.15, 0.2) is 6.61 Å². The van der Waals surface area contributed by atoms with Crippen LogP contribution in [0.25, 0.3) is 0 Å². The number of nitrogens with one attached hydrogen (secondary N) is 2. The molecule has 0 spiro atoms. The lowest BCUT2D eigenvalue weighted by Gasteiger charge is -2.11. The predicted octanol–water partition coefficient (Wildman–Crippen LogP) is 3.03. The molecule has 2 amide bonds. The quantitative estimate of drug-likeness (QED) is 0.787. The Bertz CT molecular complexity index is 721. The van der Waals surface area contributed by atoms with E-state index in [1.807, 2.05) is 0 Å². The summed E-state index contributed by atoms with van der Waals surface area (Å²) >= 11 is 0. The van der Waals surface area contributed by atoms with Crippen LogP contribution in [0.1, 0.15) is 11.1 Å². The van der Waals surface area contributed by atoms with Crippen LogP contribution >= 0.6 is 0 Å². The van der Waals surface area contributed by atoms with Crippen LogP contribution in [0, 0.1) is 0 Å². The molecule has 2 rings (SSSR count). The van der Waals surface area contributed by atoms with Crippen LogP contribution in [0.15, 0.2) is 42.6 Å². The van der Waals surface area contributed by atoms with Crippen LogP contribution in [0.3, 0.4) is 0 Å². The second kappa shape index (κ2) is 8.93. The number of ether oxygens (including phenoxy) is 2. The van der Waals surface area contributed by atoms with Crippen molar-refractivity contribution < 1.29 is 27.4 Å². The summed E-state index contributed by atoms with van der Waals surface area (Å²) in [5, 5.41) is 5.32. The van der Waals surface area contributed by atoms with Crippen molar-refractivity contribution in [1.82, 2.24) is 15.6 Å². The number of urea groups is 1. The zero-order valence-corrected chi connectivity index (χ0v) is 14.0. The number of rotatable bonds is 7. The minimum Gasteiger partial charge on any atom is -0.484 e. The first-order chi connectivity index (χ1) is 12.4. The van der Waals surface area contributed by atoms with E-state index < -0.39 is 18.8 Å². The molecule has 0 aliphatic rings. The van der Waals surface area contributed by atoms with Gasteiger partial charge in [0.05, 0.1) is 7.11 Å². The zero-order valence-electron chi connectivity index (χ0n) is 14.0. The number of aromatic nitrogens is 1. The van der Waals surface area contributed by atoms with E-state index in [0.29, 0.717) is 5.88 Å². The van der Waals surface area contributed by atoms with E-state index in [2.05, 4.69) is 20.4 Å². The molecule has 0 bridgehead atoms. The maximum atomic E-state index is 12.1. The summed E-state index contributed by atoms with van der Waals surface area (Å²) in [7, 11) is 1.49. The Labute approximate surface area is 148 Å². The van der Waals surface area contributed by atoms with Gasteiger partial charge < -0.3 is 20.1 Å². The molecule has 26 heavy (non-hydrogen) atoms. The van der Waals surface area contributed by atoms with E-state index in [1.54, 1.807) is 30.5 Å². The fraction of sp³-hybridized carbons (Fsp3) is 0.294. The van der Waals surface area contributed by atoms with Gasteiger partial charge in [0.25, 0.3) is 0 Å². The van der Waals surface area contributed by atoms with Crippen molar-refractivity contribution in [2.24, 2.45) is 0 Å². The molecule has 1 heterocycles. The van der Waals surface area contributed by atoms with Crippen molar-refractivity contribution in [3.05, 3.63) is 53.7 Å². The van der Waals surface area contributed by atoms with Crippen LogP contribution < -0.4 is 20.1 Å². The summed E-state index contributed by atoms with van der Waals surface area (Å²) in [5.41, 5.74) is 1.45. The number of amides is 2. The van der Waals surface area contributed by atoms with Crippen molar-refractivity contribution in [1.29, 1.82) is 0 Å². The molecular formula is C17H18F3N3O3. The fourth-order valence-corrected chi connectivity index (χ4v) is 2.03. The van der Waals surface area contributed by atoms with Gasteiger partial charge in [-0.1, -0.05) is 18.2 Å². The number of benzene rings is 1. The summed E-state index contributed by atoms with van der Waals surface area (Å²) < 4.78 is 46.0. The molecule has 2 N–H and O–H groups in total. The Balaban J connectivity index is 1.76. The first-order valence-electron chi connectivity index (χ1n) is 7.65. The highest BCUT2D eigenvalue weighted by Gasteiger charge is 2.28. The topological polar surface area (TPSA) is 72.5 Å². The minimum absolute atomic E-state index is 0.110. The van der Waals surface area contributed by atoms with Gasteiger partial charge in [-0.2, -0.15) is 13.2 Å². The summed E-state index contributed by atoms with van der Waals surface area (Å²) in [6.07, 6.45) is -2.79. The van der Waals surface area contributed by atoms with E-state index in [9.17, 15) is 18.0 Å². The average molecular weight is 369 g/mol. The molecule has 9 heteroatoms. The van der Waals surface area contributed by atoms with Crippen LogP contribution in [0.4, 0.5) is 18.0 Å².